The first-order valence-corrected chi connectivity index (χ1v) is 11.7. The number of aryl methyl sites for hydroxylation is 1. The van der Waals surface area contributed by atoms with Crippen LogP contribution in [-0.4, -0.2) is 51.8 Å². The summed E-state index contributed by atoms with van der Waals surface area (Å²) < 4.78 is 1.94. The minimum atomic E-state index is 0.0404. The number of hydrogen-bond acceptors (Lipinski definition) is 5. The Labute approximate surface area is 191 Å². The maximum absolute atomic E-state index is 12.8. The lowest BCUT2D eigenvalue weighted by Crippen LogP contribution is -2.34. The molecule has 0 N–H and O–H groups in total. The number of carbonyl (C=O) groups excluding carboxylic acids is 1. The summed E-state index contributed by atoms with van der Waals surface area (Å²) in [6, 6.07) is 7.79. The number of anilines is 1. The van der Waals surface area contributed by atoms with Gasteiger partial charge in [0, 0.05) is 60.1 Å². The molecule has 0 radical (unpaired) electrons. The molecule has 31 heavy (non-hydrogen) atoms. The van der Waals surface area contributed by atoms with Crippen molar-refractivity contribution < 1.29 is 4.79 Å². The van der Waals surface area contributed by atoms with Gasteiger partial charge in [-0.05, 0) is 38.0 Å². The lowest BCUT2D eigenvalue weighted by Gasteiger charge is -2.20. The Morgan fingerprint density at radius 3 is 2.81 bits per heavy atom. The van der Waals surface area contributed by atoms with Crippen molar-refractivity contribution in [1.82, 2.24) is 19.7 Å². The monoisotopic (exact) mass is 455 g/mol. The number of rotatable bonds is 5. The van der Waals surface area contributed by atoms with Gasteiger partial charge in [-0.3, -0.25) is 9.48 Å². The predicted molar refractivity (Wildman–Crippen MR) is 127 cm³/mol. The Morgan fingerprint density at radius 1 is 1.19 bits per heavy atom. The lowest BCUT2D eigenvalue weighted by molar-refractivity contribution is -0.125. The summed E-state index contributed by atoms with van der Waals surface area (Å²) in [4.78, 5) is 21.4. The van der Waals surface area contributed by atoms with Crippen LogP contribution in [0.5, 0.6) is 0 Å². The Hall–Kier alpha value is -2.64. The first-order valence-electron chi connectivity index (χ1n) is 10.4. The third kappa shape index (κ3) is 4.99. The average Bonchev–Trinajstić information content (AvgIpc) is 3.29. The zero-order chi connectivity index (χ0) is 21.8. The van der Waals surface area contributed by atoms with Crippen LogP contribution in [0.2, 0.25) is 5.02 Å². The molecule has 162 valence electrons. The Bertz CT molecular complexity index is 1080. The van der Waals surface area contributed by atoms with Gasteiger partial charge in [0.25, 0.3) is 0 Å². The lowest BCUT2D eigenvalue weighted by atomic mass is 10.1. The molecule has 1 aliphatic rings. The molecule has 8 heteroatoms. The topological polar surface area (TPSA) is 54.3 Å². The van der Waals surface area contributed by atoms with E-state index < -0.39 is 0 Å². The molecule has 1 amide bonds. The van der Waals surface area contributed by atoms with E-state index in [1.807, 2.05) is 65.3 Å². The average molecular weight is 456 g/mol. The summed E-state index contributed by atoms with van der Waals surface area (Å²) >= 11 is 7.95. The van der Waals surface area contributed by atoms with E-state index in [1.165, 1.54) is 0 Å². The van der Waals surface area contributed by atoms with Crippen LogP contribution in [0.1, 0.15) is 28.9 Å². The number of hydrogen-bond donors (Lipinski definition) is 0. The molecular weight excluding hydrogens is 430 g/mol. The van der Waals surface area contributed by atoms with E-state index in [9.17, 15) is 4.79 Å². The van der Waals surface area contributed by atoms with Crippen molar-refractivity contribution in [2.75, 3.05) is 31.1 Å². The second-order valence-electron chi connectivity index (χ2n) is 7.65. The third-order valence-corrected chi connectivity index (χ3v) is 6.81. The van der Waals surface area contributed by atoms with Gasteiger partial charge in [-0.25, -0.2) is 4.98 Å². The molecule has 0 spiro atoms. The summed E-state index contributed by atoms with van der Waals surface area (Å²) in [5.74, 6) is 0.0404. The molecule has 0 unspecified atom stereocenters. The fourth-order valence-electron chi connectivity index (χ4n) is 3.86. The summed E-state index contributed by atoms with van der Waals surface area (Å²) in [5.41, 5.74) is 3.93. The van der Waals surface area contributed by atoms with Gasteiger partial charge in [0.1, 0.15) is 0 Å². The minimum Gasteiger partial charge on any atom is -0.346 e. The Balaban J connectivity index is 1.43. The molecule has 0 saturated carbocycles. The molecule has 0 bridgehead atoms. The molecule has 4 rings (SSSR count). The summed E-state index contributed by atoms with van der Waals surface area (Å²) in [5, 5.41) is 8.41. The quantitative estimate of drug-likeness (QED) is 0.535. The van der Waals surface area contributed by atoms with Crippen LogP contribution in [0.4, 0.5) is 5.13 Å². The fourth-order valence-corrected chi connectivity index (χ4v) is 4.75. The SMILES string of the molecule is Cc1nn(Cc2ccccc2Cl)c(C)c1/C=C/C(=O)N1CCCN(c2nccs2)CC1. The number of aromatic nitrogens is 3. The van der Waals surface area contributed by atoms with E-state index in [4.69, 9.17) is 11.6 Å². The van der Waals surface area contributed by atoms with Gasteiger partial charge in [0.15, 0.2) is 5.13 Å². The molecule has 1 saturated heterocycles. The van der Waals surface area contributed by atoms with Crippen LogP contribution in [0, 0.1) is 13.8 Å². The number of halogens is 1. The van der Waals surface area contributed by atoms with Gasteiger partial charge in [0.2, 0.25) is 5.91 Å². The van der Waals surface area contributed by atoms with Gasteiger partial charge >= 0.3 is 0 Å². The molecular formula is C23H26ClN5OS. The maximum Gasteiger partial charge on any atom is 0.246 e. The minimum absolute atomic E-state index is 0.0404. The molecule has 1 aliphatic heterocycles. The van der Waals surface area contributed by atoms with Crippen LogP contribution in [0.25, 0.3) is 6.08 Å². The van der Waals surface area contributed by atoms with Crippen LogP contribution in [-0.2, 0) is 11.3 Å². The van der Waals surface area contributed by atoms with Crippen molar-refractivity contribution in [2.24, 2.45) is 0 Å². The highest BCUT2D eigenvalue weighted by Crippen LogP contribution is 2.21. The third-order valence-electron chi connectivity index (χ3n) is 5.61. The van der Waals surface area contributed by atoms with E-state index in [-0.39, 0.29) is 5.91 Å². The van der Waals surface area contributed by atoms with Gasteiger partial charge < -0.3 is 9.80 Å². The van der Waals surface area contributed by atoms with Gasteiger partial charge in [-0.1, -0.05) is 29.8 Å². The van der Waals surface area contributed by atoms with Gasteiger partial charge in [-0.15, -0.1) is 11.3 Å². The van der Waals surface area contributed by atoms with Crippen molar-refractivity contribution in [2.45, 2.75) is 26.8 Å². The van der Waals surface area contributed by atoms with E-state index >= 15 is 0 Å². The van der Waals surface area contributed by atoms with E-state index in [0.29, 0.717) is 13.1 Å². The van der Waals surface area contributed by atoms with Gasteiger partial charge in [-0.2, -0.15) is 5.10 Å². The molecule has 1 fully saturated rings. The van der Waals surface area contributed by atoms with Crippen LogP contribution >= 0.6 is 22.9 Å². The molecule has 1 aromatic carbocycles. The van der Waals surface area contributed by atoms with Crippen LogP contribution in [0.15, 0.2) is 41.9 Å². The predicted octanol–water partition coefficient (Wildman–Crippen LogP) is 4.41. The normalized spacial score (nSPS) is 14.9. The standard InChI is InChI=1S/C23H26ClN5OS/c1-17-20(18(2)29(26-17)16-19-6-3-4-7-21(19)24)8-9-22(30)27-11-5-12-28(14-13-27)23-25-10-15-31-23/h3-4,6-10,15H,5,11-14,16H2,1-2H3/b9-8+. The number of nitrogens with zero attached hydrogens (tertiary/aromatic N) is 5. The summed E-state index contributed by atoms with van der Waals surface area (Å²) in [6.07, 6.45) is 6.34. The second kappa shape index (κ2) is 9.66. The summed E-state index contributed by atoms with van der Waals surface area (Å²) in [7, 11) is 0. The largest absolute Gasteiger partial charge is 0.346 e. The maximum atomic E-state index is 12.8. The van der Waals surface area contributed by atoms with Crippen LogP contribution < -0.4 is 4.90 Å². The number of amides is 1. The number of thiazole rings is 1. The fraction of sp³-hybridized carbons (Fsp3) is 0.348. The highest BCUT2D eigenvalue weighted by molar-refractivity contribution is 7.13. The number of benzene rings is 1. The second-order valence-corrected chi connectivity index (χ2v) is 8.93. The Morgan fingerprint density at radius 2 is 2.03 bits per heavy atom. The van der Waals surface area contributed by atoms with Crippen molar-refractivity contribution in [3.05, 3.63) is 69.5 Å². The van der Waals surface area contributed by atoms with E-state index in [0.717, 1.165) is 58.7 Å². The molecule has 6 nitrogen and oxygen atoms in total. The van der Waals surface area contributed by atoms with Crippen molar-refractivity contribution in [3.63, 3.8) is 0 Å². The molecule has 3 aromatic rings. The molecule has 2 aromatic heterocycles. The van der Waals surface area contributed by atoms with Gasteiger partial charge in [0.05, 0.1) is 12.2 Å². The highest BCUT2D eigenvalue weighted by atomic mass is 35.5. The zero-order valence-corrected chi connectivity index (χ0v) is 19.4. The highest BCUT2D eigenvalue weighted by Gasteiger charge is 2.19. The van der Waals surface area contributed by atoms with Crippen molar-refractivity contribution >= 4 is 40.1 Å². The molecule has 3 heterocycles. The number of carbonyl (C=O) groups is 1. The molecule has 0 atom stereocenters. The van der Waals surface area contributed by atoms with Crippen LogP contribution in [0.3, 0.4) is 0 Å². The zero-order valence-electron chi connectivity index (χ0n) is 17.8. The van der Waals surface area contributed by atoms with Crippen molar-refractivity contribution in [3.8, 4) is 0 Å². The van der Waals surface area contributed by atoms with E-state index in [2.05, 4.69) is 15.0 Å². The first-order chi connectivity index (χ1) is 15.0. The smallest absolute Gasteiger partial charge is 0.246 e. The Kier molecular flexibility index (Phi) is 6.73. The van der Waals surface area contributed by atoms with E-state index in [1.54, 1.807) is 17.4 Å². The first kappa shape index (κ1) is 21.6. The summed E-state index contributed by atoms with van der Waals surface area (Å²) in [6.45, 7) is 7.79. The molecule has 0 aliphatic carbocycles. The van der Waals surface area contributed by atoms with Crippen molar-refractivity contribution in [1.29, 1.82) is 0 Å².